The Bertz CT molecular complexity index is 569. The van der Waals surface area contributed by atoms with E-state index < -0.39 is 11.8 Å². The first kappa shape index (κ1) is 16.9. The molecule has 1 fully saturated rings. The molecule has 4 nitrogen and oxygen atoms in total. The predicted octanol–water partition coefficient (Wildman–Crippen LogP) is 3.25. The van der Waals surface area contributed by atoms with E-state index in [0.29, 0.717) is 29.4 Å². The molecular weight excluding hydrogens is 353 g/mol. The molecule has 1 heterocycles. The molecule has 1 amide bonds. The van der Waals surface area contributed by atoms with Crippen molar-refractivity contribution >= 4 is 27.8 Å². The van der Waals surface area contributed by atoms with Crippen molar-refractivity contribution < 1.29 is 18.7 Å². The van der Waals surface area contributed by atoms with Crippen molar-refractivity contribution in [1.82, 2.24) is 4.90 Å². The first-order chi connectivity index (χ1) is 10.4. The van der Waals surface area contributed by atoms with E-state index in [1.807, 2.05) is 0 Å². The van der Waals surface area contributed by atoms with Gasteiger partial charge in [0.25, 0.3) is 5.91 Å². The van der Waals surface area contributed by atoms with Gasteiger partial charge in [-0.25, -0.2) is 9.18 Å². The molecule has 0 spiro atoms. The molecule has 0 aromatic heterocycles. The number of piperidine rings is 1. The van der Waals surface area contributed by atoms with Crippen LogP contribution in [0.4, 0.5) is 4.39 Å². The van der Waals surface area contributed by atoms with Gasteiger partial charge in [0.05, 0.1) is 5.56 Å². The molecule has 22 heavy (non-hydrogen) atoms. The van der Waals surface area contributed by atoms with Crippen molar-refractivity contribution in [2.75, 3.05) is 19.7 Å². The van der Waals surface area contributed by atoms with Gasteiger partial charge in [0.1, 0.15) is 5.82 Å². The Balaban J connectivity index is 1.93. The standard InChI is InChI=1S/C16H19BrFNO3/c1-10-5-11(2)8-19(7-10)15(20)9-22-16(21)13-6-12(18)3-4-14(13)17/h3-4,6,10-11H,5,7-9H2,1-2H3. The summed E-state index contributed by atoms with van der Waals surface area (Å²) in [6.07, 6.45) is 1.10. The number of carbonyl (C=O) groups is 2. The first-order valence-corrected chi connectivity index (χ1v) is 8.06. The number of rotatable bonds is 3. The lowest BCUT2D eigenvalue weighted by atomic mass is 9.92. The third-order valence-electron chi connectivity index (χ3n) is 3.70. The molecule has 1 aliphatic heterocycles. The van der Waals surface area contributed by atoms with Crippen LogP contribution in [0.1, 0.15) is 30.6 Å². The quantitative estimate of drug-likeness (QED) is 0.766. The van der Waals surface area contributed by atoms with Crippen LogP contribution in [-0.2, 0) is 9.53 Å². The second kappa shape index (κ2) is 7.22. The summed E-state index contributed by atoms with van der Waals surface area (Å²) < 4.78 is 18.6. The lowest BCUT2D eigenvalue weighted by Gasteiger charge is -2.34. The Morgan fingerprint density at radius 3 is 2.59 bits per heavy atom. The molecule has 2 rings (SSSR count). The molecular formula is C16H19BrFNO3. The molecule has 0 aliphatic carbocycles. The highest BCUT2D eigenvalue weighted by atomic mass is 79.9. The van der Waals surface area contributed by atoms with Gasteiger partial charge in [0, 0.05) is 17.6 Å². The summed E-state index contributed by atoms with van der Waals surface area (Å²) >= 11 is 3.17. The van der Waals surface area contributed by atoms with E-state index >= 15 is 0 Å². The van der Waals surface area contributed by atoms with E-state index in [4.69, 9.17) is 4.74 Å². The first-order valence-electron chi connectivity index (χ1n) is 7.26. The van der Waals surface area contributed by atoms with Crippen LogP contribution in [0.2, 0.25) is 0 Å². The maximum Gasteiger partial charge on any atom is 0.339 e. The van der Waals surface area contributed by atoms with Gasteiger partial charge in [-0.05, 0) is 52.4 Å². The number of halogens is 2. The molecule has 1 aliphatic rings. The number of ether oxygens (including phenoxy) is 1. The molecule has 0 saturated carbocycles. The molecule has 0 radical (unpaired) electrons. The summed E-state index contributed by atoms with van der Waals surface area (Å²) in [7, 11) is 0. The van der Waals surface area contributed by atoms with E-state index in [-0.39, 0.29) is 18.1 Å². The van der Waals surface area contributed by atoms with Crippen molar-refractivity contribution in [2.45, 2.75) is 20.3 Å². The van der Waals surface area contributed by atoms with Crippen LogP contribution in [0.15, 0.2) is 22.7 Å². The van der Waals surface area contributed by atoms with Crippen molar-refractivity contribution in [3.63, 3.8) is 0 Å². The van der Waals surface area contributed by atoms with Crippen LogP contribution in [0.25, 0.3) is 0 Å². The minimum atomic E-state index is -0.710. The minimum absolute atomic E-state index is 0.0770. The molecule has 1 saturated heterocycles. The van der Waals surface area contributed by atoms with Crippen LogP contribution in [-0.4, -0.2) is 36.5 Å². The third-order valence-corrected chi connectivity index (χ3v) is 4.39. The number of esters is 1. The smallest absolute Gasteiger partial charge is 0.339 e. The van der Waals surface area contributed by atoms with Gasteiger partial charge in [-0.3, -0.25) is 4.79 Å². The SMILES string of the molecule is CC1CC(C)CN(C(=O)COC(=O)c2cc(F)ccc2Br)C1. The molecule has 0 N–H and O–H groups in total. The minimum Gasteiger partial charge on any atom is -0.452 e. The zero-order valence-electron chi connectivity index (χ0n) is 12.6. The van der Waals surface area contributed by atoms with Crippen LogP contribution < -0.4 is 0 Å². The number of benzene rings is 1. The van der Waals surface area contributed by atoms with E-state index in [0.717, 1.165) is 12.5 Å². The monoisotopic (exact) mass is 371 g/mol. The molecule has 2 atom stereocenters. The fraction of sp³-hybridized carbons (Fsp3) is 0.500. The van der Waals surface area contributed by atoms with Gasteiger partial charge in [0.15, 0.2) is 6.61 Å². The topological polar surface area (TPSA) is 46.6 Å². The molecule has 120 valence electrons. The van der Waals surface area contributed by atoms with Gasteiger partial charge in [-0.2, -0.15) is 0 Å². The van der Waals surface area contributed by atoms with Crippen LogP contribution in [0.3, 0.4) is 0 Å². The van der Waals surface area contributed by atoms with Gasteiger partial charge in [-0.15, -0.1) is 0 Å². The van der Waals surface area contributed by atoms with Gasteiger partial charge in [0.2, 0.25) is 0 Å². The molecule has 0 bridgehead atoms. The number of amides is 1. The Labute approximate surface area is 137 Å². The van der Waals surface area contributed by atoms with Crippen molar-refractivity contribution in [3.8, 4) is 0 Å². The van der Waals surface area contributed by atoms with Crippen molar-refractivity contribution in [3.05, 3.63) is 34.1 Å². The maximum absolute atomic E-state index is 13.2. The number of hydrogen-bond donors (Lipinski definition) is 0. The van der Waals surface area contributed by atoms with Gasteiger partial charge in [-0.1, -0.05) is 13.8 Å². The lowest BCUT2D eigenvalue weighted by Crippen LogP contribution is -2.44. The van der Waals surface area contributed by atoms with E-state index in [9.17, 15) is 14.0 Å². The summed E-state index contributed by atoms with van der Waals surface area (Å²) in [6.45, 7) is 5.26. The summed E-state index contributed by atoms with van der Waals surface area (Å²) in [5.41, 5.74) is 0.0770. The highest BCUT2D eigenvalue weighted by Crippen LogP contribution is 2.21. The highest BCUT2D eigenvalue weighted by Gasteiger charge is 2.26. The molecule has 2 unspecified atom stereocenters. The fourth-order valence-corrected chi connectivity index (χ4v) is 3.23. The average molecular weight is 372 g/mol. The fourth-order valence-electron chi connectivity index (χ4n) is 2.82. The largest absolute Gasteiger partial charge is 0.452 e. The Morgan fingerprint density at radius 1 is 1.32 bits per heavy atom. The highest BCUT2D eigenvalue weighted by molar-refractivity contribution is 9.10. The third kappa shape index (κ3) is 4.29. The Kier molecular flexibility index (Phi) is 5.56. The zero-order chi connectivity index (χ0) is 16.3. The van der Waals surface area contributed by atoms with Crippen LogP contribution in [0, 0.1) is 17.7 Å². The number of nitrogens with zero attached hydrogens (tertiary/aromatic N) is 1. The average Bonchev–Trinajstić information content (AvgIpc) is 2.45. The van der Waals surface area contributed by atoms with E-state index in [1.165, 1.54) is 12.1 Å². The second-order valence-corrected chi connectivity index (χ2v) is 6.80. The van der Waals surface area contributed by atoms with Crippen LogP contribution in [0.5, 0.6) is 0 Å². The van der Waals surface area contributed by atoms with Crippen molar-refractivity contribution in [2.24, 2.45) is 11.8 Å². The summed E-state index contributed by atoms with van der Waals surface area (Å²) in [5, 5.41) is 0. The van der Waals surface area contributed by atoms with E-state index in [2.05, 4.69) is 29.8 Å². The summed E-state index contributed by atoms with van der Waals surface area (Å²) in [5.74, 6) is -0.557. The number of likely N-dealkylation sites (tertiary alicyclic amines) is 1. The summed E-state index contributed by atoms with van der Waals surface area (Å²) in [6, 6.07) is 3.76. The molecule has 1 aromatic carbocycles. The zero-order valence-corrected chi connectivity index (χ0v) is 14.2. The number of carbonyl (C=O) groups excluding carboxylic acids is 2. The molecule has 6 heteroatoms. The predicted molar refractivity (Wildman–Crippen MR) is 83.9 cm³/mol. The van der Waals surface area contributed by atoms with Crippen molar-refractivity contribution in [1.29, 1.82) is 0 Å². The summed E-state index contributed by atoms with van der Waals surface area (Å²) in [4.78, 5) is 25.8. The Morgan fingerprint density at radius 2 is 1.95 bits per heavy atom. The normalized spacial score (nSPS) is 21.5. The van der Waals surface area contributed by atoms with Gasteiger partial charge < -0.3 is 9.64 Å². The number of hydrogen-bond acceptors (Lipinski definition) is 3. The van der Waals surface area contributed by atoms with Gasteiger partial charge >= 0.3 is 5.97 Å². The molecule has 1 aromatic rings. The van der Waals surface area contributed by atoms with E-state index in [1.54, 1.807) is 4.90 Å². The van der Waals surface area contributed by atoms with Crippen LogP contribution >= 0.6 is 15.9 Å². The lowest BCUT2D eigenvalue weighted by molar-refractivity contribution is -0.137. The maximum atomic E-state index is 13.2. The Hall–Kier alpha value is -1.43. The second-order valence-electron chi connectivity index (χ2n) is 5.95.